The van der Waals surface area contributed by atoms with Crippen LogP contribution in [0.5, 0.6) is 0 Å². The van der Waals surface area contributed by atoms with E-state index in [0.29, 0.717) is 32.4 Å². The zero-order valence-electron chi connectivity index (χ0n) is 22.0. The summed E-state index contributed by atoms with van der Waals surface area (Å²) < 4.78 is 0. The molecule has 0 aliphatic carbocycles. The number of nitrogens with one attached hydrogen (secondary N) is 1. The molecule has 41 heavy (non-hydrogen) atoms. The lowest BCUT2D eigenvalue weighted by Gasteiger charge is -2.39. The molecular formula is C34H24Cl2N2O3. The number of allylic oxidation sites excluding steroid dienone is 1. The molecule has 3 aliphatic heterocycles. The Hall–Kier alpha value is -4.19. The van der Waals surface area contributed by atoms with Gasteiger partial charge >= 0.3 is 0 Å². The maximum atomic E-state index is 14.8. The quantitative estimate of drug-likeness (QED) is 0.259. The topological polar surface area (TPSA) is 66.5 Å². The fraction of sp³-hybridized carbons (Fsp3) is 0.147. The summed E-state index contributed by atoms with van der Waals surface area (Å²) in [7, 11) is 0. The Balaban J connectivity index is 1.55. The lowest BCUT2D eigenvalue weighted by atomic mass is 9.64. The van der Waals surface area contributed by atoms with Crippen molar-refractivity contribution in [1.29, 1.82) is 0 Å². The average molecular weight is 579 g/mol. The third-order valence-corrected chi connectivity index (χ3v) is 9.20. The van der Waals surface area contributed by atoms with Gasteiger partial charge in [-0.2, -0.15) is 0 Å². The Labute approximate surface area is 247 Å². The monoisotopic (exact) mass is 578 g/mol. The van der Waals surface area contributed by atoms with E-state index in [0.717, 1.165) is 16.8 Å². The number of nitrogens with zero attached hydrogens (tertiary/aromatic N) is 1. The molecule has 1 amide bonds. The molecule has 202 valence electrons. The van der Waals surface area contributed by atoms with Gasteiger partial charge in [0.1, 0.15) is 11.5 Å². The summed E-state index contributed by atoms with van der Waals surface area (Å²) in [6.45, 7) is 2.01. The second-order valence-corrected chi connectivity index (χ2v) is 11.6. The number of para-hydroxylation sites is 2. The molecular weight excluding hydrogens is 555 g/mol. The fourth-order valence-electron chi connectivity index (χ4n) is 6.97. The number of Topliss-reactive ketones (excluding diaryl/α,β-unsaturated/α-hetero) is 2. The van der Waals surface area contributed by atoms with Crippen LogP contribution in [0, 0.1) is 5.92 Å². The van der Waals surface area contributed by atoms with Crippen LogP contribution >= 0.6 is 23.2 Å². The second-order valence-electron chi connectivity index (χ2n) is 10.8. The smallest absolute Gasteiger partial charge is 0.238 e. The first-order valence-electron chi connectivity index (χ1n) is 13.4. The van der Waals surface area contributed by atoms with Crippen LogP contribution in [-0.4, -0.2) is 29.6 Å². The highest BCUT2D eigenvalue weighted by atomic mass is 35.5. The fourth-order valence-corrected chi connectivity index (χ4v) is 7.22. The molecule has 0 aromatic heterocycles. The van der Waals surface area contributed by atoms with Crippen molar-refractivity contribution in [2.45, 2.75) is 24.4 Å². The van der Waals surface area contributed by atoms with E-state index in [1.807, 2.05) is 66.4 Å². The second kappa shape index (κ2) is 9.44. The number of benzene rings is 4. The van der Waals surface area contributed by atoms with E-state index in [-0.39, 0.29) is 17.5 Å². The predicted octanol–water partition coefficient (Wildman–Crippen LogP) is 7.24. The van der Waals surface area contributed by atoms with Gasteiger partial charge in [-0.05, 0) is 78.7 Å². The minimum Gasteiger partial charge on any atom is -0.352 e. The van der Waals surface area contributed by atoms with Gasteiger partial charge < -0.3 is 10.2 Å². The summed E-state index contributed by atoms with van der Waals surface area (Å²) >= 11 is 12.3. The Morgan fingerprint density at radius 3 is 2.05 bits per heavy atom. The van der Waals surface area contributed by atoms with Crippen LogP contribution in [0.4, 0.5) is 11.4 Å². The highest BCUT2D eigenvalue weighted by Crippen LogP contribution is 2.58. The van der Waals surface area contributed by atoms with Crippen LogP contribution < -0.4 is 10.2 Å². The van der Waals surface area contributed by atoms with Gasteiger partial charge in [0.15, 0.2) is 11.6 Å². The SMILES string of the molecule is CC1=CC2N(c3ccccc31)C(C(=O)c1ccc(Cl)cc1)C(C(=O)c1ccc(Cl)cc1)C21C(=O)Nc2ccccc21. The molecule has 1 N–H and O–H groups in total. The normalized spacial score (nSPS) is 23.9. The summed E-state index contributed by atoms with van der Waals surface area (Å²) in [6, 6.07) is 27.0. The number of hydrogen-bond donors (Lipinski definition) is 1. The average Bonchev–Trinajstić information content (AvgIpc) is 3.45. The summed E-state index contributed by atoms with van der Waals surface area (Å²) in [5.41, 5.74) is 3.55. The van der Waals surface area contributed by atoms with Crippen LogP contribution in [-0.2, 0) is 10.2 Å². The van der Waals surface area contributed by atoms with Crippen LogP contribution in [0.2, 0.25) is 10.0 Å². The highest BCUT2D eigenvalue weighted by Gasteiger charge is 2.70. The van der Waals surface area contributed by atoms with Crippen molar-refractivity contribution in [3.63, 3.8) is 0 Å². The van der Waals surface area contributed by atoms with Crippen molar-refractivity contribution in [2.75, 3.05) is 10.2 Å². The van der Waals surface area contributed by atoms with Crippen molar-refractivity contribution in [3.8, 4) is 0 Å². The molecule has 4 aromatic rings. The number of rotatable bonds is 4. The molecule has 5 nitrogen and oxygen atoms in total. The first-order chi connectivity index (χ1) is 19.8. The van der Waals surface area contributed by atoms with Crippen molar-refractivity contribution >= 4 is 57.6 Å². The van der Waals surface area contributed by atoms with Crippen LogP contribution in [0.15, 0.2) is 103 Å². The van der Waals surface area contributed by atoms with Crippen molar-refractivity contribution in [1.82, 2.24) is 0 Å². The van der Waals surface area contributed by atoms with Gasteiger partial charge in [-0.15, -0.1) is 0 Å². The highest BCUT2D eigenvalue weighted by molar-refractivity contribution is 6.31. The zero-order chi connectivity index (χ0) is 28.5. The number of amides is 1. The summed E-state index contributed by atoms with van der Waals surface area (Å²) in [5.74, 6) is -1.89. The molecule has 3 aliphatic rings. The van der Waals surface area contributed by atoms with Gasteiger partial charge in [-0.3, -0.25) is 14.4 Å². The number of halogens is 2. The molecule has 0 bridgehead atoms. The summed E-state index contributed by atoms with van der Waals surface area (Å²) in [5, 5.41) is 4.05. The Morgan fingerprint density at radius 1 is 0.780 bits per heavy atom. The van der Waals surface area contributed by atoms with Crippen LogP contribution in [0.25, 0.3) is 5.57 Å². The molecule has 7 heteroatoms. The number of fused-ring (bicyclic) bond motifs is 6. The Bertz CT molecular complexity index is 1780. The molecule has 0 saturated carbocycles. The minimum atomic E-state index is -1.37. The van der Waals surface area contributed by atoms with Gasteiger partial charge in [0, 0.05) is 38.1 Å². The Morgan fingerprint density at radius 2 is 1.37 bits per heavy atom. The number of carbonyl (C=O) groups is 3. The molecule has 4 atom stereocenters. The van der Waals surface area contributed by atoms with Crippen LogP contribution in [0.1, 0.15) is 38.8 Å². The molecule has 0 radical (unpaired) electrons. The standard InChI is InChI=1S/C34H24Cl2N2O3/c1-19-18-28-34(25-7-3-4-8-26(25)37-33(34)41)29(31(39)20-10-14-22(35)15-11-20)30(32(40)21-12-16-23(36)17-13-21)38(28)27-9-5-2-6-24(19)27/h2-18,28-30H,1H3,(H,37,41). The number of carbonyl (C=O) groups excluding carboxylic acids is 3. The molecule has 7 rings (SSSR count). The molecule has 4 aromatic carbocycles. The molecule has 1 fully saturated rings. The molecule has 1 saturated heterocycles. The third kappa shape index (κ3) is 3.66. The molecule has 1 spiro atoms. The third-order valence-electron chi connectivity index (χ3n) is 8.69. The van der Waals surface area contributed by atoms with E-state index in [1.165, 1.54) is 0 Å². The number of hydrogen-bond acceptors (Lipinski definition) is 4. The lowest BCUT2D eigenvalue weighted by Crippen LogP contribution is -2.51. The predicted molar refractivity (Wildman–Crippen MR) is 162 cm³/mol. The molecule has 4 unspecified atom stereocenters. The van der Waals surface area contributed by atoms with Gasteiger partial charge in [0.05, 0.1) is 12.0 Å². The van der Waals surface area contributed by atoms with E-state index in [2.05, 4.69) is 5.32 Å². The first-order valence-corrected chi connectivity index (χ1v) is 14.1. The van der Waals surface area contributed by atoms with Crippen molar-refractivity contribution in [3.05, 3.63) is 135 Å². The largest absolute Gasteiger partial charge is 0.352 e. The van der Waals surface area contributed by atoms with Crippen molar-refractivity contribution in [2.24, 2.45) is 5.92 Å². The van der Waals surface area contributed by atoms with Gasteiger partial charge in [0.25, 0.3) is 0 Å². The molecule has 3 heterocycles. The summed E-state index contributed by atoms with van der Waals surface area (Å²) in [4.78, 5) is 45.8. The van der Waals surface area contributed by atoms with Gasteiger partial charge in [-0.1, -0.05) is 65.7 Å². The van der Waals surface area contributed by atoms with E-state index in [4.69, 9.17) is 23.2 Å². The maximum Gasteiger partial charge on any atom is 0.238 e. The van der Waals surface area contributed by atoms with Crippen LogP contribution in [0.3, 0.4) is 0 Å². The lowest BCUT2D eigenvalue weighted by molar-refractivity contribution is -0.121. The van der Waals surface area contributed by atoms with Gasteiger partial charge in [-0.25, -0.2) is 0 Å². The van der Waals surface area contributed by atoms with E-state index >= 15 is 0 Å². The van der Waals surface area contributed by atoms with E-state index in [1.54, 1.807) is 48.5 Å². The Kier molecular flexibility index (Phi) is 5.93. The zero-order valence-corrected chi connectivity index (χ0v) is 23.5. The number of ketones is 2. The van der Waals surface area contributed by atoms with Gasteiger partial charge in [0.2, 0.25) is 5.91 Å². The summed E-state index contributed by atoms with van der Waals surface area (Å²) in [6.07, 6.45) is 2.04. The number of anilines is 2. The van der Waals surface area contributed by atoms with E-state index in [9.17, 15) is 14.4 Å². The minimum absolute atomic E-state index is 0.254. The first kappa shape index (κ1) is 25.8. The van der Waals surface area contributed by atoms with E-state index < -0.39 is 23.4 Å². The van der Waals surface area contributed by atoms with Crippen molar-refractivity contribution < 1.29 is 14.4 Å². The maximum absolute atomic E-state index is 14.8.